The topological polar surface area (TPSA) is 21.3 Å². The molecule has 16 heavy (non-hydrogen) atoms. The molecule has 0 bridgehead atoms. The van der Waals surface area contributed by atoms with Crippen molar-refractivity contribution in [1.82, 2.24) is 5.32 Å². The second-order valence-electron chi connectivity index (χ2n) is 4.92. The lowest BCUT2D eigenvalue weighted by Gasteiger charge is -2.25. The van der Waals surface area contributed by atoms with Crippen LogP contribution in [0.1, 0.15) is 38.3 Å². The van der Waals surface area contributed by atoms with Gasteiger partial charge >= 0.3 is 0 Å². The molecule has 2 nitrogen and oxygen atoms in total. The summed E-state index contributed by atoms with van der Waals surface area (Å²) in [5.41, 5.74) is 1.84. The molecule has 0 heterocycles. The second kappa shape index (κ2) is 4.46. The summed E-state index contributed by atoms with van der Waals surface area (Å²) in [4.78, 5) is 0. The Morgan fingerprint density at radius 3 is 2.38 bits per heavy atom. The maximum absolute atomic E-state index is 5.19. The van der Waals surface area contributed by atoms with E-state index < -0.39 is 0 Å². The average molecular weight is 219 g/mol. The molecule has 1 aromatic carbocycles. The SMILES string of the molecule is CCNC(c1ccc(OC)cc1)C1(C)CC1. The van der Waals surface area contributed by atoms with Crippen molar-refractivity contribution in [3.05, 3.63) is 29.8 Å². The molecule has 1 fully saturated rings. The van der Waals surface area contributed by atoms with Gasteiger partial charge < -0.3 is 10.1 Å². The highest BCUT2D eigenvalue weighted by molar-refractivity contribution is 5.31. The Bertz CT molecular complexity index is 340. The normalized spacial score (nSPS) is 19.2. The summed E-state index contributed by atoms with van der Waals surface area (Å²) in [7, 11) is 1.71. The van der Waals surface area contributed by atoms with Gasteiger partial charge in [-0.25, -0.2) is 0 Å². The van der Waals surface area contributed by atoms with Crippen LogP contribution in [0.3, 0.4) is 0 Å². The molecule has 88 valence electrons. The molecule has 1 aliphatic rings. The van der Waals surface area contributed by atoms with Crippen LogP contribution < -0.4 is 10.1 Å². The Balaban J connectivity index is 2.18. The van der Waals surface area contributed by atoms with Gasteiger partial charge in [-0.05, 0) is 42.5 Å². The van der Waals surface area contributed by atoms with E-state index in [1.165, 1.54) is 18.4 Å². The van der Waals surface area contributed by atoms with E-state index in [0.717, 1.165) is 12.3 Å². The maximum Gasteiger partial charge on any atom is 0.118 e. The first-order valence-electron chi connectivity index (χ1n) is 6.07. The summed E-state index contributed by atoms with van der Waals surface area (Å²) >= 11 is 0. The van der Waals surface area contributed by atoms with E-state index in [9.17, 15) is 0 Å². The Morgan fingerprint density at radius 2 is 1.94 bits per heavy atom. The predicted octanol–water partition coefficient (Wildman–Crippen LogP) is 3.15. The summed E-state index contributed by atoms with van der Waals surface area (Å²) in [5, 5.41) is 3.60. The Kier molecular flexibility index (Phi) is 3.20. The van der Waals surface area contributed by atoms with Gasteiger partial charge in [-0.3, -0.25) is 0 Å². The third kappa shape index (κ3) is 2.22. The van der Waals surface area contributed by atoms with Crippen molar-refractivity contribution in [2.75, 3.05) is 13.7 Å². The highest BCUT2D eigenvalue weighted by Crippen LogP contribution is 2.54. The van der Waals surface area contributed by atoms with Crippen LogP contribution in [0.25, 0.3) is 0 Å². The molecular formula is C14H21NO. The Hall–Kier alpha value is -1.02. The number of rotatable bonds is 5. The standard InChI is InChI=1S/C14H21NO/c1-4-15-13(14(2)9-10-14)11-5-7-12(16-3)8-6-11/h5-8,13,15H,4,9-10H2,1-3H3. The minimum atomic E-state index is 0.463. The van der Waals surface area contributed by atoms with Crippen LogP contribution in [0.15, 0.2) is 24.3 Å². The summed E-state index contributed by atoms with van der Waals surface area (Å²) in [6.45, 7) is 5.55. The van der Waals surface area contributed by atoms with E-state index in [1.807, 2.05) is 12.1 Å². The van der Waals surface area contributed by atoms with Crippen LogP contribution >= 0.6 is 0 Å². The largest absolute Gasteiger partial charge is 0.497 e. The van der Waals surface area contributed by atoms with Crippen molar-refractivity contribution < 1.29 is 4.74 Å². The van der Waals surface area contributed by atoms with Gasteiger partial charge in [0.05, 0.1) is 7.11 Å². The van der Waals surface area contributed by atoms with Crippen molar-refractivity contribution in [2.24, 2.45) is 5.41 Å². The van der Waals surface area contributed by atoms with Gasteiger partial charge in [-0.1, -0.05) is 26.0 Å². The van der Waals surface area contributed by atoms with E-state index in [2.05, 4.69) is 31.3 Å². The maximum atomic E-state index is 5.19. The van der Waals surface area contributed by atoms with Gasteiger partial charge in [-0.15, -0.1) is 0 Å². The van der Waals surface area contributed by atoms with Gasteiger partial charge in [-0.2, -0.15) is 0 Å². The van der Waals surface area contributed by atoms with Crippen LogP contribution in [0.2, 0.25) is 0 Å². The molecule has 1 aromatic rings. The molecule has 0 amide bonds. The van der Waals surface area contributed by atoms with Gasteiger partial charge in [0, 0.05) is 6.04 Å². The van der Waals surface area contributed by atoms with Crippen molar-refractivity contribution in [3.63, 3.8) is 0 Å². The fourth-order valence-electron chi connectivity index (χ4n) is 2.25. The molecule has 2 heteroatoms. The minimum Gasteiger partial charge on any atom is -0.497 e. The molecule has 1 atom stereocenters. The van der Waals surface area contributed by atoms with E-state index >= 15 is 0 Å². The van der Waals surface area contributed by atoms with Crippen molar-refractivity contribution in [2.45, 2.75) is 32.7 Å². The summed E-state index contributed by atoms with van der Waals surface area (Å²) in [6.07, 6.45) is 2.66. The molecule has 0 aliphatic heterocycles. The molecule has 0 spiro atoms. The molecule has 1 N–H and O–H groups in total. The van der Waals surface area contributed by atoms with Crippen LogP contribution in [0, 0.1) is 5.41 Å². The first-order valence-corrected chi connectivity index (χ1v) is 6.07. The van der Waals surface area contributed by atoms with Crippen LogP contribution in [-0.4, -0.2) is 13.7 Å². The van der Waals surface area contributed by atoms with Gasteiger partial charge in [0.1, 0.15) is 5.75 Å². The van der Waals surface area contributed by atoms with Gasteiger partial charge in [0.25, 0.3) is 0 Å². The van der Waals surface area contributed by atoms with Gasteiger partial charge in [0.15, 0.2) is 0 Å². The molecule has 1 unspecified atom stereocenters. The Labute approximate surface area is 98.0 Å². The number of ether oxygens (including phenoxy) is 1. The fraction of sp³-hybridized carbons (Fsp3) is 0.571. The van der Waals surface area contributed by atoms with Crippen LogP contribution in [-0.2, 0) is 0 Å². The zero-order valence-electron chi connectivity index (χ0n) is 10.4. The van der Waals surface area contributed by atoms with E-state index in [4.69, 9.17) is 4.74 Å². The lowest BCUT2D eigenvalue weighted by atomic mass is 9.91. The number of methoxy groups -OCH3 is 1. The predicted molar refractivity (Wildman–Crippen MR) is 66.8 cm³/mol. The molecule has 2 rings (SSSR count). The second-order valence-corrected chi connectivity index (χ2v) is 4.92. The number of hydrogen-bond acceptors (Lipinski definition) is 2. The third-order valence-corrected chi connectivity index (χ3v) is 3.59. The fourth-order valence-corrected chi connectivity index (χ4v) is 2.25. The first kappa shape index (κ1) is 11.5. The average Bonchev–Trinajstić information content (AvgIpc) is 3.05. The molecular weight excluding hydrogens is 198 g/mol. The van der Waals surface area contributed by atoms with E-state index in [-0.39, 0.29) is 0 Å². The summed E-state index contributed by atoms with van der Waals surface area (Å²) < 4.78 is 5.19. The van der Waals surface area contributed by atoms with Crippen molar-refractivity contribution in [3.8, 4) is 5.75 Å². The van der Waals surface area contributed by atoms with Crippen molar-refractivity contribution >= 4 is 0 Å². The molecule has 1 saturated carbocycles. The number of benzene rings is 1. The number of nitrogens with one attached hydrogen (secondary N) is 1. The third-order valence-electron chi connectivity index (χ3n) is 3.59. The highest BCUT2D eigenvalue weighted by atomic mass is 16.5. The molecule has 0 radical (unpaired) electrons. The first-order chi connectivity index (χ1) is 7.69. The minimum absolute atomic E-state index is 0.463. The zero-order chi connectivity index (χ0) is 11.6. The Morgan fingerprint density at radius 1 is 1.31 bits per heavy atom. The highest BCUT2D eigenvalue weighted by Gasteiger charge is 2.44. The lowest BCUT2D eigenvalue weighted by molar-refractivity contribution is 0.372. The summed E-state index contributed by atoms with van der Waals surface area (Å²) in [5.74, 6) is 0.931. The van der Waals surface area contributed by atoms with Gasteiger partial charge in [0.2, 0.25) is 0 Å². The summed E-state index contributed by atoms with van der Waals surface area (Å²) in [6, 6.07) is 8.94. The molecule has 1 aliphatic carbocycles. The quantitative estimate of drug-likeness (QED) is 0.821. The lowest BCUT2D eigenvalue weighted by Crippen LogP contribution is -2.27. The molecule has 0 aromatic heterocycles. The zero-order valence-corrected chi connectivity index (χ0v) is 10.4. The smallest absolute Gasteiger partial charge is 0.118 e. The van der Waals surface area contributed by atoms with E-state index in [1.54, 1.807) is 7.11 Å². The monoisotopic (exact) mass is 219 g/mol. The molecule has 0 saturated heterocycles. The van der Waals surface area contributed by atoms with Crippen LogP contribution in [0.4, 0.5) is 0 Å². The number of hydrogen-bond donors (Lipinski definition) is 1. The van der Waals surface area contributed by atoms with Crippen LogP contribution in [0.5, 0.6) is 5.75 Å². The van der Waals surface area contributed by atoms with Crippen molar-refractivity contribution in [1.29, 1.82) is 0 Å². The van der Waals surface area contributed by atoms with E-state index in [0.29, 0.717) is 11.5 Å².